The van der Waals surface area contributed by atoms with Gasteiger partial charge in [0.15, 0.2) is 0 Å². The summed E-state index contributed by atoms with van der Waals surface area (Å²) in [7, 11) is 0. The fraction of sp³-hybridized carbons (Fsp3) is 0.185. The normalized spacial score (nSPS) is 18.4. The van der Waals surface area contributed by atoms with Gasteiger partial charge in [0.2, 0.25) is 11.1 Å². The van der Waals surface area contributed by atoms with Crippen molar-refractivity contribution in [1.82, 2.24) is 14.8 Å². The fourth-order valence-corrected chi connectivity index (χ4v) is 5.42. The lowest BCUT2D eigenvalue weighted by molar-refractivity contribution is 0.223. The summed E-state index contributed by atoms with van der Waals surface area (Å²) < 4.78 is 8.72. The van der Waals surface area contributed by atoms with Crippen molar-refractivity contribution in [2.75, 3.05) is 17.8 Å². The Morgan fingerprint density at radius 2 is 1.62 bits per heavy atom. The van der Waals surface area contributed by atoms with Gasteiger partial charge in [0.1, 0.15) is 17.9 Å². The number of hydrogen-bond acceptors (Lipinski definition) is 6. The van der Waals surface area contributed by atoms with Crippen molar-refractivity contribution >= 4 is 35.2 Å². The first kappa shape index (κ1) is 21.4. The highest BCUT2D eigenvalue weighted by Gasteiger charge is 2.41. The number of thioether (sulfide) groups is 2. The second-order valence-corrected chi connectivity index (χ2v) is 10.1. The van der Waals surface area contributed by atoms with Gasteiger partial charge in [-0.1, -0.05) is 65.9 Å². The van der Waals surface area contributed by atoms with Gasteiger partial charge in [-0.3, -0.25) is 0 Å². The van der Waals surface area contributed by atoms with E-state index in [0.717, 1.165) is 44.8 Å². The summed E-state index contributed by atoms with van der Waals surface area (Å²) in [6.07, 6.45) is 3.84. The van der Waals surface area contributed by atoms with E-state index in [9.17, 15) is 0 Å². The lowest BCUT2D eigenvalue weighted by atomic mass is 9.84. The Morgan fingerprint density at radius 1 is 0.882 bits per heavy atom. The van der Waals surface area contributed by atoms with E-state index in [2.05, 4.69) is 79.2 Å². The van der Waals surface area contributed by atoms with E-state index in [1.54, 1.807) is 23.5 Å². The first-order valence-electron chi connectivity index (χ1n) is 11.1. The Balaban J connectivity index is 1.60. The van der Waals surface area contributed by atoms with Crippen LogP contribution < -0.4 is 10.1 Å². The second-order valence-electron chi connectivity index (χ2n) is 8.40. The first-order valence-corrected chi connectivity index (χ1v) is 13.6. The summed E-state index contributed by atoms with van der Waals surface area (Å²) in [5.41, 5.74) is 6.75. The lowest BCUT2D eigenvalue weighted by Gasteiger charge is -2.39. The summed E-state index contributed by atoms with van der Waals surface area (Å²) in [4.78, 5) is 6.00. The van der Waals surface area contributed by atoms with Crippen LogP contribution in [0.3, 0.4) is 0 Å². The number of rotatable bonds is 4. The number of hydrogen-bond donors (Lipinski definition) is 1. The van der Waals surface area contributed by atoms with E-state index < -0.39 is 0 Å². The molecule has 5 nitrogen and oxygen atoms in total. The molecule has 0 radical (unpaired) electrons. The summed E-state index contributed by atoms with van der Waals surface area (Å²) >= 11 is 3.29. The third-order valence-corrected chi connectivity index (χ3v) is 7.64. The number of nitrogens with zero attached hydrogens (tertiary/aromatic N) is 3. The number of nitrogens with one attached hydrogen (secondary N) is 1. The highest BCUT2D eigenvalue weighted by molar-refractivity contribution is 7.98. The number of benzene rings is 3. The number of aromatic nitrogens is 3. The molecule has 4 aromatic rings. The van der Waals surface area contributed by atoms with Crippen LogP contribution in [0.2, 0.25) is 0 Å². The molecule has 2 unspecified atom stereocenters. The van der Waals surface area contributed by atoms with Gasteiger partial charge >= 0.3 is 0 Å². The highest BCUT2D eigenvalue weighted by Crippen LogP contribution is 2.50. The average molecular weight is 485 g/mol. The van der Waals surface area contributed by atoms with Gasteiger partial charge in [-0.2, -0.15) is 4.98 Å². The number of anilines is 1. The predicted octanol–water partition coefficient (Wildman–Crippen LogP) is 6.59. The number of fused-ring (bicyclic) bond motifs is 3. The van der Waals surface area contributed by atoms with Gasteiger partial charge in [0.05, 0.1) is 5.70 Å². The molecule has 0 saturated heterocycles. The first-order chi connectivity index (χ1) is 16.7. The quantitative estimate of drug-likeness (QED) is 0.330. The van der Waals surface area contributed by atoms with E-state index in [1.165, 1.54) is 10.5 Å². The lowest BCUT2D eigenvalue weighted by Crippen LogP contribution is -2.32. The molecule has 1 N–H and O–H groups in total. The molecule has 0 fully saturated rings. The monoisotopic (exact) mass is 484 g/mol. The summed E-state index contributed by atoms with van der Waals surface area (Å²) in [5.74, 6) is 1.62. The Labute approximate surface area is 207 Å². The van der Waals surface area contributed by atoms with Crippen molar-refractivity contribution in [2.45, 2.75) is 29.1 Å². The van der Waals surface area contributed by atoms with Crippen LogP contribution in [0, 0.1) is 6.92 Å². The van der Waals surface area contributed by atoms with Crippen molar-refractivity contribution in [3.63, 3.8) is 0 Å². The number of para-hydroxylation sites is 1. The molecule has 2 atom stereocenters. The van der Waals surface area contributed by atoms with E-state index in [-0.39, 0.29) is 12.1 Å². The van der Waals surface area contributed by atoms with Crippen molar-refractivity contribution < 1.29 is 4.74 Å². The van der Waals surface area contributed by atoms with Gasteiger partial charge in [-0.05, 0) is 54.8 Å². The molecular formula is C27H24N4OS2. The van der Waals surface area contributed by atoms with Crippen LogP contribution in [-0.4, -0.2) is 27.3 Å². The molecule has 7 heteroatoms. The zero-order valence-electron chi connectivity index (χ0n) is 19.1. The van der Waals surface area contributed by atoms with Crippen LogP contribution >= 0.6 is 23.5 Å². The molecule has 2 aliphatic heterocycles. The van der Waals surface area contributed by atoms with E-state index >= 15 is 0 Å². The molecule has 0 saturated carbocycles. The molecular weight excluding hydrogens is 460 g/mol. The molecule has 0 bridgehead atoms. The van der Waals surface area contributed by atoms with Gasteiger partial charge in [0.25, 0.3) is 0 Å². The molecule has 0 aliphatic carbocycles. The fourth-order valence-electron chi connectivity index (χ4n) is 4.67. The maximum Gasteiger partial charge on any atom is 0.227 e. The number of aryl methyl sites for hydroxylation is 1. The zero-order chi connectivity index (χ0) is 23.2. The van der Waals surface area contributed by atoms with Gasteiger partial charge in [0, 0.05) is 16.0 Å². The largest absolute Gasteiger partial charge is 0.480 e. The number of ether oxygens (including phenoxy) is 1. The van der Waals surface area contributed by atoms with Crippen LogP contribution in [0.4, 0.5) is 5.95 Å². The Hall–Kier alpha value is -3.16. The van der Waals surface area contributed by atoms with Gasteiger partial charge in [-0.15, -0.1) is 16.9 Å². The minimum atomic E-state index is -0.255. The molecule has 1 aromatic heterocycles. The smallest absolute Gasteiger partial charge is 0.227 e. The van der Waals surface area contributed by atoms with Crippen LogP contribution in [0.15, 0.2) is 88.4 Å². The standard InChI is InChI=1S/C27H24N4OS2/c1-16-8-10-17(11-9-16)24-22-23(28-26-29-27(34-3)30-31(24)26)20-6-4-5-7-21(20)32-25(22)18-12-14-19(33-2)15-13-18/h4-15,24-25H,1-3H3,(H,28,29,30). The maximum atomic E-state index is 6.71. The van der Waals surface area contributed by atoms with Crippen molar-refractivity contribution in [3.05, 3.63) is 101 Å². The minimum Gasteiger partial charge on any atom is -0.480 e. The molecule has 34 heavy (non-hydrogen) atoms. The zero-order valence-corrected chi connectivity index (χ0v) is 20.8. The van der Waals surface area contributed by atoms with E-state index in [4.69, 9.17) is 14.8 Å². The third-order valence-electron chi connectivity index (χ3n) is 6.35. The maximum absolute atomic E-state index is 6.71. The molecule has 3 heterocycles. The highest BCUT2D eigenvalue weighted by atomic mass is 32.2. The van der Waals surface area contributed by atoms with Gasteiger partial charge < -0.3 is 10.1 Å². The summed E-state index contributed by atoms with van der Waals surface area (Å²) in [6.45, 7) is 2.11. The molecule has 3 aromatic carbocycles. The Morgan fingerprint density at radius 3 is 2.35 bits per heavy atom. The van der Waals surface area contributed by atoms with E-state index in [1.807, 2.05) is 23.1 Å². The van der Waals surface area contributed by atoms with Crippen molar-refractivity contribution in [2.24, 2.45) is 0 Å². The SMILES string of the molecule is CSc1ccc(C2Oc3ccccc3C3=C2C(c2ccc(C)cc2)n2nc(SC)nc2N3)cc1. The van der Waals surface area contributed by atoms with Crippen LogP contribution in [-0.2, 0) is 0 Å². The summed E-state index contributed by atoms with van der Waals surface area (Å²) in [5, 5.41) is 9.22. The van der Waals surface area contributed by atoms with Crippen molar-refractivity contribution in [1.29, 1.82) is 0 Å². The van der Waals surface area contributed by atoms with Crippen molar-refractivity contribution in [3.8, 4) is 5.75 Å². The Bertz CT molecular complexity index is 1390. The van der Waals surface area contributed by atoms with E-state index in [0.29, 0.717) is 0 Å². The third kappa shape index (κ3) is 3.51. The van der Waals surface area contributed by atoms with Gasteiger partial charge in [-0.25, -0.2) is 4.68 Å². The summed E-state index contributed by atoms with van der Waals surface area (Å²) in [6, 6.07) is 25.4. The average Bonchev–Trinajstić information content (AvgIpc) is 3.30. The molecule has 2 aliphatic rings. The molecule has 170 valence electrons. The second kappa shape index (κ2) is 8.56. The molecule has 6 rings (SSSR count). The van der Waals surface area contributed by atoms with Crippen LogP contribution in [0.1, 0.15) is 34.4 Å². The topological polar surface area (TPSA) is 52.0 Å². The minimum absolute atomic E-state index is 0.140. The molecule has 0 amide bonds. The van der Waals surface area contributed by atoms with Crippen LogP contribution in [0.25, 0.3) is 5.70 Å². The van der Waals surface area contributed by atoms with Crippen LogP contribution in [0.5, 0.6) is 5.75 Å². The molecule has 0 spiro atoms. The predicted molar refractivity (Wildman–Crippen MR) is 140 cm³/mol. The Kier molecular flexibility index (Phi) is 5.38.